The number of amides is 4. The Kier molecular flexibility index (Phi) is 18.5. The molecule has 6 atom stereocenters. The van der Waals surface area contributed by atoms with Crippen LogP contribution in [-0.4, -0.2) is 112 Å². The van der Waals surface area contributed by atoms with Crippen LogP contribution in [0.3, 0.4) is 0 Å². The Labute approximate surface area is 329 Å². The van der Waals surface area contributed by atoms with Gasteiger partial charge in [-0.05, 0) is 0 Å². The molecule has 0 aliphatic carbocycles. The first-order valence-corrected chi connectivity index (χ1v) is 23.7. The van der Waals surface area contributed by atoms with Crippen LogP contribution in [0.2, 0.25) is 9.63 Å². The second-order valence-corrected chi connectivity index (χ2v) is 22.5. The third-order valence-electron chi connectivity index (χ3n) is 7.38. The van der Waals surface area contributed by atoms with Crippen molar-refractivity contribution in [3.05, 3.63) is 71.8 Å². The number of nitrogens with one attached hydrogen (secondary N) is 4. The topological polar surface area (TPSA) is 187 Å². The molecular weight excluding hydrogens is 830 g/mol. The molecule has 2 aromatic carbocycles. The van der Waals surface area contributed by atoms with Crippen LogP contribution in [0, 0.1) is 0 Å². The molecule has 0 spiro atoms. The van der Waals surface area contributed by atoms with Gasteiger partial charge in [0.2, 0.25) is 0 Å². The Morgan fingerprint density at radius 2 is 0.870 bits per heavy atom. The van der Waals surface area contributed by atoms with E-state index in [4.69, 9.17) is 18.9 Å². The molecule has 0 unspecified atom stereocenters. The van der Waals surface area contributed by atoms with Gasteiger partial charge in [0.25, 0.3) is 0 Å². The number of rotatable bonds is 17. The molecule has 14 nitrogen and oxygen atoms in total. The molecule has 0 fully saturated rings. The molecule has 0 aliphatic rings. The number of carbonyl (C=O) groups is 6. The van der Waals surface area contributed by atoms with Crippen molar-refractivity contribution in [3.8, 4) is 0 Å². The molecule has 0 radical (unpaired) electrons. The zero-order valence-electron chi connectivity index (χ0n) is 32.6. The zero-order chi connectivity index (χ0) is 40.6. The van der Waals surface area contributed by atoms with Gasteiger partial charge in [-0.25, -0.2) is 0 Å². The summed E-state index contributed by atoms with van der Waals surface area (Å²) in [5, 5.41) is 10.9. The van der Waals surface area contributed by atoms with Crippen LogP contribution in [0.5, 0.6) is 0 Å². The minimum absolute atomic E-state index is 0.156. The molecule has 0 saturated heterocycles. The van der Waals surface area contributed by atoms with E-state index in [0.717, 1.165) is 11.1 Å². The van der Waals surface area contributed by atoms with E-state index >= 15 is 0 Å². The Bertz CT molecular complexity index is 1440. The Morgan fingerprint density at radius 3 is 1.15 bits per heavy atom. The Hall–Kier alpha value is -4.10. The fourth-order valence-electron chi connectivity index (χ4n) is 4.84. The molecule has 0 saturated carbocycles. The van der Waals surface area contributed by atoms with Gasteiger partial charge in [0, 0.05) is 0 Å². The average molecular weight is 885 g/mol. The van der Waals surface area contributed by atoms with E-state index in [0.29, 0.717) is 0 Å². The van der Waals surface area contributed by atoms with E-state index < -0.39 is 107 Å². The van der Waals surface area contributed by atoms with Gasteiger partial charge in [0.1, 0.15) is 0 Å². The number of ether oxygens (including phenoxy) is 4. The van der Waals surface area contributed by atoms with Gasteiger partial charge in [0.05, 0.1) is 0 Å². The van der Waals surface area contributed by atoms with Gasteiger partial charge in [-0.3, -0.25) is 0 Å². The van der Waals surface area contributed by atoms with Gasteiger partial charge in [-0.2, -0.15) is 0 Å². The summed E-state index contributed by atoms with van der Waals surface area (Å²) in [4.78, 5) is 78.3. The first kappa shape index (κ1) is 46.1. The molecule has 54 heavy (non-hydrogen) atoms. The summed E-state index contributed by atoms with van der Waals surface area (Å²) in [7, 11) is 2.46. The molecule has 0 aromatic heterocycles. The van der Waals surface area contributed by atoms with Crippen LogP contribution in [0.4, 0.5) is 9.59 Å². The molecule has 0 bridgehead atoms. The van der Waals surface area contributed by atoms with Gasteiger partial charge < -0.3 is 0 Å². The van der Waals surface area contributed by atoms with Gasteiger partial charge >= 0.3 is 330 Å². The van der Waals surface area contributed by atoms with E-state index in [1.807, 2.05) is 60.7 Å². The third-order valence-corrected chi connectivity index (χ3v) is 17.9. The van der Waals surface area contributed by atoms with Crippen molar-refractivity contribution in [2.24, 2.45) is 0 Å². The van der Waals surface area contributed by atoms with Gasteiger partial charge in [-0.1, -0.05) is 0 Å². The zero-order valence-corrected chi connectivity index (χ0v) is 36.0. The van der Waals surface area contributed by atoms with Crippen molar-refractivity contribution in [3.63, 3.8) is 0 Å². The molecule has 16 heteroatoms. The van der Waals surface area contributed by atoms with Crippen molar-refractivity contribution in [2.45, 2.75) is 113 Å². The number of methoxy groups -OCH3 is 2. The van der Waals surface area contributed by atoms with E-state index in [1.54, 1.807) is 55.4 Å². The number of esters is 2. The molecule has 0 aliphatic heterocycles. The maximum atomic E-state index is 13.9. The van der Waals surface area contributed by atoms with E-state index in [-0.39, 0.29) is 12.8 Å². The van der Waals surface area contributed by atoms with Crippen molar-refractivity contribution in [1.29, 1.82) is 0 Å². The van der Waals surface area contributed by atoms with E-state index in [1.165, 1.54) is 14.2 Å². The van der Waals surface area contributed by atoms with Gasteiger partial charge in [0.15, 0.2) is 0 Å². The molecule has 2 rings (SSSR count). The first-order chi connectivity index (χ1) is 25.2. The summed E-state index contributed by atoms with van der Waals surface area (Å²) in [6.45, 7) is 13.7. The molecule has 4 amide bonds. The van der Waals surface area contributed by atoms with Crippen molar-refractivity contribution >= 4 is 62.2 Å². The number of benzene rings is 2. The summed E-state index contributed by atoms with van der Waals surface area (Å²) in [5.41, 5.74) is -0.120. The Morgan fingerprint density at radius 1 is 0.556 bits per heavy atom. The Balaban J connectivity index is 2.35. The second-order valence-electron chi connectivity index (χ2n) is 14.4. The average Bonchev–Trinajstić information content (AvgIpc) is 3.09. The fourth-order valence-corrected chi connectivity index (χ4v) is 13.1. The van der Waals surface area contributed by atoms with Crippen molar-refractivity contribution in [1.82, 2.24) is 21.3 Å². The monoisotopic (exact) mass is 886 g/mol. The third kappa shape index (κ3) is 16.9. The predicted octanol–water partition coefficient (Wildman–Crippen LogP) is 3.51. The van der Waals surface area contributed by atoms with E-state index in [9.17, 15) is 28.8 Å². The van der Waals surface area contributed by atoms with Crippen LogP contribution in [0.25, 0.3) is 0 Å². The second kappa shape index (κ2) is 21.7. The van der Waals surface area contributed by atoms with Crippen LogP contribution in [0.1, 0.15) is 66.5 Å². The normalized spacial score (nSPS) is 14.8. The van der Waals surface area contributed by atoms with Crippen LogP contribution < -0.4 is 21.3 Å². The standard InChI is InChI=1S/C38H54N4O10Se2/c1-23(29(41-35(47)51-37(3,4)5)31(43)39-27(33(45)49-9)21-25-17-13-11-14-18-25)53-54-24(2)30(42-36(48)52-38(6,7)8)32(44)40-28(34(46)50-10)22-26-19-15-12-16-20-26/h11-20,23-24,27-30H,21-22H2,1-10H3,(H,39,43)(H,40,44)(H,41,47)(H,42,48)/t23-,24-,27-,28-,29-,30-/m0/s1. The quantitative estimate of drug-likeness (QED) is 0.104. The first-order valence-electron chi connectivity index (χ1n) is 17.4. The van der Waals surface area contributed by atoms with Crippen LogP contribution in [-0.2, 0) is 51.0 Å². The van der Waals surface area contributed by atoms with Gasteiger partial charge in [-0.15, -0.1) is 0 Å². The van der Waals surface area contributed by atoms with Crippen molar-refractivity contribution < 1.29 is 47.7 Å². The molecular formula is C38H54N4O10Se2. The summed E-state index contributed by atoms with van der Waals surface area (Å²) in [5.74, 6) is -2.54. The molecule has 2 aromatic rings. The number of hydrogen-bond acceptors (Lipinski definition) is 10. The maximum absolute atomic E-state index is 13.9. The summed E-state index contributed by atoms with van der Waals surface area (Å²) in [6, 6.07) is 13.9. The minimum atomic E-state index is -1.13. The van der Waals surface area contributed by atoms with Crippen LogP contribution in [0.15, 0.2) is 60.7 Å². The number of hydrogen-bond donors (Lipinski definition) is 4. The summed E-state index contributed by atoms with van der Waals surface area (Å²) < 4.78 is 20.9. The van der Waals surface area contributed by atoms with Crippen molar-refractivity contribution in [2.75, 3.05) is 14.2 Å². The number of carbonyl (C=O) groups excluding carboxylic acids is 6. The predicted molar refractivity (Wildman–Crippen MR) is 205 cm³/mol. The molecule has 4 N–H and O–H groups in total. The fraction of sp³-hybridized carbons (Fsp3) is 0.526. The molecule has 298 valence electrons. The SMILES string of the molecule is COC(=O)[C@H](Cc1ccccc1)NC(=O)[C@@H](NC(=O)OC(C)(C)C)[C@H](C)[Se][Se][C@@H](C)[C@H](NC(=O)OC(C)(C)C)C(=O)N[C@@H](Cc1ccccc1)C(=O)OC. The van der Waals surface area contributed by atoms with E-state index in [2.05, 4.69) is 21.3 Å². The molecule has 0 heterocycles. The number of alkyl carbamates (subject to hydrolysis) is 2. The summed E-state index contributed by atoms with van der Waals surface area (Å²) >= 11 is -0.798. The van der Waals surface area contributed by atoms with Crippen LogP contribution >= 0.6 is 0 Å². The summed E-state index contributed by atoms with van der Waals surface area (Å²) in [6.07, 6.45) is -1.33.